The van der Waals surface area contributed by atoms with Gasteiger partial charge in [0.1, 0.15) is 17.9 Å². The van der Waals surface area contributed by atoms with Crippen LogP contribution < -0.4 is 20.7 Å². The quantitative estimate of drug-likeness (QED) is 0.101. The number of hydrogen-bond donors (Lipinski definition) is 2. The van der Waals surface area contributed by atoms with Crippen LogP contribution in [-0.4, -0.2) is 54.4 Å². The number of benzene rings is 2. The molecule has 7 nitrogen and oxygen atoms in total. The summed E-state index contributed by atoms with van der Waals surface area (Å²) >= 11 is 6.39. The first-order chi connectivity index (χ1) is 19.1. The van der Waals surface area contributed by atoms with E-state index in [-0.39, 0.29) is 0 Å². The Balaban J connectivity index is 1.55. The Morgan fingerprint density at radius 1 is 1.12 bits per heavy atom. The highest BCUT2D eigenvalue weighted by atomic mass is 35.5. The number of para-hydroxylation sites is 1. The van der Waals surface area contributed by atoms with E-state index < -0.39 is 7.14 Å². The van der Waals surface area contributed by atoms with Crippen molar-refractivity contribution < 1.29 is 9.30 Å². The van der Waals surface area contributed by atoms with Crippen LogP contribution in [0, 0.1) is 5.92 Å². The van der Waals surface area contributed by atoms with Crippen LogP contribution in [0.15, 0.2) is 66.9 Å². The van der Waals surface area contributed by atoms with E-state index in [0.717, 1.165) is 42.8 Å². The molecular formula is C31H43ClN5O2P. The number of ether oxygens (including phenoxy) is 1. The molecule has 3 aromatic rings. The first-order valence-electron chi connectivity index (χ1n) is 13.9. The summed E-state index contributed by atoms with van der Waals surface area (Å²) in [5, 5.41) is 7.56. The fourth-order valence-electron chi connectivity index (χ4n) is 4.26. The van der Waals surface area contributed by atoms with Gasteiger partial charge in [-0.1, -0.05) is 55.8 Å². The summed E-state index contributed by atoms with van der Waals surface area (Å²) in [6.45, 7) is 17.9. The molecule has 0 aliphatic rings. The van der Waals surface area contributed by atoms with Crippen LogP contribution in [0.1, 0.15) is 40.0 Å². The third kappa shape index (κ3) is 9.96. The van der Waals surface area contributed by atoms with Crippen molar-refractivity contribution in [1.29, 1.82) is 0 Å². The van der Waals surface area contributed by atoms with Gasteiger partial charge in [0.25, 0.3) is 0 Å². The van der Waals surface area contributed by atoms with E-state index in [9.17, 15) is 4.57 Å². The molecular weight excluding hydrogens is 541 g/mol. The minimum atomic E-state index is -2.50. The Morgan fingerprint density at radius 2 is 1.88 bits per heavy atom. The number of nitrogens with zero attached hydrogens (tertiary/aromatic N) is 3. The molecule has 0 spiro atoms. The normalized spacial score (nSPS) is 12.3. The molecule has 0 fully saturated rings. The second-order valence-corrected chi connectivity index (χ2v) is 14.2. The maximum absolute atomic E-state index is 12.7. The van der Waals surface area contributed by atoms with E-state index in [0.29, 0.717) is 35.0 Å². The predicted octanol–water partition coefficient (Wildman–Crippen LogP) is 7.95. The molecule has 2 aromatic carbocycles. The predicted molar refractivity (Wildman–Crippen MR) is 171 cm³/mol. The molecule has 0 radical (unpaired) electrons. The Hall–Kier alpha value is -2.86. The lowest BCUT2D eigenvalue weighted by atomic mass is 9.99. The number of anilines is 4. The van der Waals surface area contributed by atoms with Gasteiger partial charge in [0.2, 0.25) is 5.95 Å². The molecule has 1 atom stereocenters. The van der Waals surface area contributed by atoms with Crippen molar-refractivity contribution in [1.82, 2.24) is 14.9 Å². The molecule has 1 heterocycles. The molecule has 0 saturated heterocycles. The molecule has 0 saturated carbocycles. The lowest BCUT2D eigenvalue weighted by molar-refractivity contribution is 0.236. The molecule has 0 aliphatic heterocycles. The fourth-order valence-corrected chi connectivity index (χ4v) is 5.55. The van der Waals surface area contributed by atoms with Crippen LogP contribution in [0.4, 0.5) is 23.1 Å². The van der Waals surface area contributed by atoms with Gasteiger partial charge in [0.05, 0.1) is 18.5 Å². The summed E-state index contributed by atoms with van der Waals surface area (Å²) in [7, 11) is -2.50. The van der Waals surface area contributed by atoms with Crippen molar-refractivity contribution in [3.63, 3.8) is 0 Å². The average Bonchev–Trinajstić information content (AvgIpc) is 2.91. The van der Waals surface area contributed by atoms with Gasteiger partial charge in [-0.2, -0.15) is 4.98 Å². The summed E-state index contributed by atoms with van der Waals surface area (Å²) in [5.74, 6) is 2.18. The lowest BCUT2D eigenvalue weighted by Gasteiger charge is -2.21. The SMILES string of the molecule is C=C(C)C(C)CCCN(CC)CCCOc1cccc(Nc2ncc(Cl)c(Nc3ccccc3P(C)(C)=O)n2)c1. The van der Waals surface area contributed by atoms with E-state index >= 15 is 0 Å². The van der Waals surface area contributed by atoms with Gasteiger partial charge in [-0.15, -0.1) is 0 Å². The second-order valence-electron chi connectivity index (χ2n) is 10.6. The Morgan fingerprint density at radius 3 is 2.60 bits per heavy atom. The van der Waals surface area contributed by atoms with Crippen molar-refractivity contribution in [3.05, 3.63) is 71.9 Å². The summed E-state index contributed by atoms with van der Waals surface area (Å²) in [6, 6.07) is 15.2. The Kier molecular flexibility index (Phi) is 12.1. The van der Waals surface area contributed by atoms with Gasteiger partial charge in [-0.25, -0.2) is 4.98 Å². The van der Waals surface area contributed by atoms with Crippen molar-refractivity contribution in [2.45, 2.75) is 40.0 Å². The number of allylic oxidation sites excluding steroid dienone is 1. The van der Waals surface area contributed by atoms with Crippen LogP contribution in [-0.2, 0) is 4.57 Å². The molecule has 9 heteroatoms. The maximum atomic E-state index is 12.7. The summed E-state index contributed by atoms with van der Waals surface area (Å²) < 4.78 is 18.8. The standard InChI is InChI=1S/C31H43ClN5O2P/c1-7-37(18-11-13-24(4)23(2)3)19-12-20-39-26-15-10-14-25(21-26)34-31-33-22-27(32)30(36-31)35-28-16-8-9-17-29(28)40(5,6)38/h8-10,14-17,21-22,24H,2,7,11-13,18-20H2,1,3-6H3,(H2,33,34,35,36). The number of nitrogens with one attached hydrogen (secondary N) is 2. The summed E-state index contributed by atoms with van der Waals surface area (Å²) in [5.41, 5.74) is 2.78. The Labute approximate surface area is 244 Å². The first-order valence-corrected chi connectivity index (χ1v) is 16.9. The molecule has 3 rings (SSSR count). The molecule has 216 valence electrons. The smallest absolute Gasteiger partial charge is 0.229 e. The summed E-state index contributed by atoms with van der Waals surface area (Å²) in [4.78, 5) is 11.4. The average molecular weight is 584 g/mol. The highest BCUT2D eigenvalue weighted by Gasteiger charge is 2.17. The zero-order valence-electron chi connectivity index (χ0n) is 24.4. The minimum absolute atomic E-state index is 0.367. The highest BCUT2D eigenvalue weighted by Crippen LogP contribution is 2.38. The van der Waals surface area contributed by atoms with Crippen molar-refractivity contribution in [3.8, 4) is 5.75 Å². The highest BCUT2D eigenvalue weighted by molar-refractivity contribution is 7.70. The van der Waals surface area contributed by atoms with E-state index in [1.807, 2.05) is 48.5 Å². The van der Waals surface area contributed by atoms with Crippen LogP contribution >= 0.6 is 18.7 Å². The fraction of sp³-hybridized carbons (Fsp3) is 0.419. The van der Waals surface area contributed by atoms with Crippen molar-refractivity contribution in [2.24, 2.45) is 5.92 Å². The van der Waals surface area contributed by atoms with Gasteiger partial charge >= 0.3 is 0 Å². The van der Waals surface area contributed by atoms with E-state index in [4.69, 9.17) is 16.3 Å². The van der Waals surface area contributed by atoms with Crippen LogP contribution in [0.5, 0.6) is 5.75 Å². The third-order valence-corrected chi connectivity index (χ3v) is 8.69. The number of aromatic nitrogens is 2. The number of hydrogen-bond acceptors (Lipinski definition) is 7. The van der Waals surface area contributed by atoms with Gasteiger partial charge in [0.15, 0.2) is 5.82 Å². The lowest BCUT2D eigenvalue weighted by Crippen LogP contribution is -2.27. The molecule has 0 aliphatic carbocycles. The van der Waals surface area contributed by atoms with E-state index in [1.54, 1.807) is 19.5 Å². The Bertz CT molecular complexity index is 1310. The van der Waals surface area contributed by atoms with Crippen LogP contribution in [0.2, 0.25) is 5.02 Å². The zero-order chi connectivity index (χ0) is 29.1. The molecule has 0 amide bonds. The second kappa shape index (κ2) is 15.2. The maximum Gasteiger partial charge on any atom is 0.229 e. The zero-order valence-corrected chi connectivity index (χ0v) is 26.1. The van der Waals surface area contributed by atoms with Gasteiger partial charge in [0, 0.05) is 23.6 Å². The number of rotatable bonds is 16. The molecule has 40 heavy (non-hydrogen) atoms. The monoisotopic (exact) mass is 583 g/mol. The van der Waals surface area contributed by atoms with Crippen molar-refractivity contribution in [2.75, 3.05) is 50.2 Å². The first kappa shape index (κ1) is 31.7. The summed E-state index contributed by atoms with van der Waals surface area (Å²) in [6.07, 6.45) is 4.87. The molecule has 2 N–H and O–H groups in total. The van der Waals surface area contributed by atoms with E-state index in [1.165, 1.54) is 18.4 Å². The number of halogens is 1. The van der Waals surface area contributed by atoms with Gasteiger partial charge in [-0.05, 0) is 82.8 Å². The largest absolute Gasteiger partial charge is 0.493 e. The van der Waals surface area contributed by atoms with Crippen molar-refractivity contribution >= 4 is 47.2 Å². The van der Waals surface area contributed by atoms with E-state index in [2.05, 4.69) is 52.9 Å². The minimum Gasteiger partial charge on any atom is -0.493 e. The molecule has 1 aromatic heterocycles. The van der Waals surface area contributed by atoms with Gasteiger partial charge in [-0.3, -0.25) is 0 Å². The third-order valence-electron chi connectivity index (χ3n) is 6.86. The van der Waals surface area contributed by atoms with Crippen LogP contribution in [0.25, 0.3) is 0 Å². The molecule has 1 unspecified atom stereocenters. The van der Waals surface area contributed by atoms with Crippen LogP contribution in [0.3, 0.4) is 0 Å². The molecule has 0 bridgehead atoms. The van der Waals surface area contributed by atoms with Gasteiger partial charge < -0.3 is 24.8 Å². The topological polar surface area (TPSA) is 79.4 Å².